The minimum absolute atomic E-state index is 0.156. The first-order chi connectivity index (χ1) is 17.6. The van der Waals surface area contributed by atoms with E-state index in [1.54, 1.807) is 6.21 Å². The lowest BCUT2D eigenvalue weighted by Gasteiger charge is -2.20. The summed E-state index contributed by atoms with van der Waals surface area (Å²) in [7, 11) is 0. The van der Waals surface area contributed by atoms with E-state index in [0.717, 1.165) is 34.4 Å². The van der Waals surface area contributed by atoms with Gasteiger partial charge < -0.3 is 4.90 Å². The van der Waals surface area contributed by atoms with E-state index in [0.29, 0.717) is 11.0 Å². The largest absolute Gasteiger partial charge is 0.372 e. The van der Waals surface area contributed by atoms with Crippen molar-refractivity contribution in [1.82, 2.24) is 20.2 Å². The van der Waals surface area contributed by atoms with Crippen molar-refractivity contribution in [3.8, 4) is 17.1 Å². The summed E-state index contributed by atoms with van der Waals surface area (Å²) in [5.41, 5.74) is 6.55. The molecular weight excluding hydrogens is 536 g/mol. The Morgan fingerprint density at radius 3 is 2.36 bits per heavy atom. The average molecular weight is 564 g/mol. The van der Waals surface area contributed by atoms with Crippen molar-refractivity contribution in [1.29, 1.82) is 0 Å². The van der Waals surface area contributed by atoms with Crippen LogP contribution in [0.1, 0.15) is 19.4 Å². The Kier molecular flexibility index (Phi) is 8.91. The normalized spacial score (nSPS) is 11.1. The number of hydrazone groups is 1. The molecule has 0 bridgehead atoms. The molecule has 1 amide bonds. The molecule has 0 aliphatic rings. The first-order valence-electron chi connectivity index (χ1n) is 11.7. The Balaban J connectivity index is 1.42. The smallest absolute Gasteiger partial charge is 0.250 e. The van der Waals surface area contributed by atoms with E-state index in [1.165, 1.54) is 17.4 Å². The maximum atomic E-state index is 12.5. The summed E-state index contributed by atoms with van der Waals surface area (Å²) >= 11 is 4.79. The van der Waals surface area contributed by atoms with Crippen molar-refractivity contribution < 1.29 is 4.79 Å². The van der Waals surface area contributed by atoms with Crippen LogP contribution in [0.25, 0.3) is 17.1 Å². The Hall–Kier alpha value is -3.43. The number of nitrogens with one attached hydrogen (secondary N) is 1. The van der Waals surface area contributed by atoms with Crippen molar-refractivity contribution in [2.45, 2.75) is 19.0 Å². The number of halogens is 1. The molecule has 1 heterocycles. The molecule has 0 spiro atoms. The molecule has 1 N–H and O–H groups in total. The number of aromatic nitrogens is 3. The van der Waals surface area contributed by atoms with Crippen LogP contribution in [-0.4, -0.2) is 45.7 Å². The lowest BCUT2D eigenvalue weighted by Crippen LogP contribution is -2.21. The Labute approximate surface area is 223 Å². The van der Waals surface area contributed by atoms with Gasteiger partial charge in [0.15, 0.2) is 11.0 Å². The van der Waals surface area contributed by atoms with Crippen LogP contribution in [-0.2, 0) is 4.79 Å². The van der Waals surface area contributed by atoms with Crippen molar-refractivity contribution in [2.24, 2.45) is 5.10 Å². The van der Waals surface area contributed by atoms with E-state index in [4.69, 9.17) is 0 Å². The third-order valence-electron chi connectivity index (χ3n) is 5.51. The van der Waals surface area contributed by atoms with Crippen LogP contribution in [0.2, 0.25) is 0 Å². The highest BCUT2D eigenvalue weighted by atomic mass is 79.9. The van der Waals surface area contributed by atoms with Gasteiger partial charge in [-0.1, -0.05) is 70.2 Å². The summed E-state index contributed by atoms with van der Waals surface area (Å²) in [5.74, 6) is 0.649. The molecule has 0 saturated heterocycles. The minimum atomic E-state index is -0.219. The zero-order valence-corrected chi connectivity index (χ0v) is 22.5. The van der Waals surface area contributed by atoms with Gasteiger partial charge in [0.2, 0.25) is 0 Å². The number of anilines is 1. The Morgan fingerprint density at radius 2 is 1.69 bits per heavy atom. The SMILES string of the molecule is CCN(CC)c1ccc(/C=N/NC(=O)CSc2nnc(-c3ccc(Br)cc3)n2-c2ccccc2)cc1. The summed E-state index contributed by atoms with van der Waals surface area (Å²) in [4.78, 5) is 14.7. The van der Waals surface area contributed by atoms with Gasteiger partial charge >= 0.3 is 0 Å². The van der Waals surface area contributed by atoms with Crippen LogP contribution in [0.5, 0.6) is 0 Å². The van der Waals surface area contributed by atoms with Gasteiger partial charge in [0.1, 0.15) is 0 Å². The van der Waals surface area contributed by atoms with Gasteiger partial charge in [0.25, 0.3) is 5.91 Å². The zero-order valence-electron chi connectivity index (χ0n) is 20.1. The number of hydrogen-bond acceptors (Lipinski definition) is 6. The molecule has 0 unspecified atom stereocenters. The minimum Gasteiger partial charge on any atom is -0.372 e. The fourth-order valence-corrected chi connectivity index (χ4v) is 4.67. The second-order valence-corrected chi connectivity index (χ2v) is 9.69. The number of carbonyl (C=O) groups is 1. The highest BCUT2D eigenvalue weighted by molar-refractivity contribution is 9.10. The molecule has 0 aliphatic carbocycles. The standard InChI is InChI=1S/C27H27BrN6OS/c1-3-33(4-2)23-16-10-20(11-17-23)18-29-30-25(35)19-36-27-32-31-26(21-12-14-22(28)15-13-21)34(27)24-8-6-5-7-9-24/h5-18H,3-4,19H2,1-2H3,(H,30,35)/b29-18+. The molecular formula is C27H27BrN6OS. The summed E-state index contributed by atoms with van der Waals surface area (Å²) < 4.78 is 2.95. The van der Waals surface area contributed by atoms with E-state index >= 15 is 0 Å². The first-order valence-corrected chi connectivity index (χ1v) is 13.4. The van der Waals surface area contributed by atoms with Gasteiger partial charge in [-0.05, 0) is 55.8 Å². The average Bonchev–Trinajstić information content (AvgIpc) is 3.34. The monoisotopic (exact) mass is 562 g/mol. The topological polar surface area (TPSA) is 75.4 Å². The van der Waals surface area contributed by atoms with Crippen molar-refractivity contribution in [3.05, 3.63) is 88.9 Å². The number of thioether (sulfide) groups is 1. The molecule has 0 fully saturated rings. The number of amides is 1. The van der Waals surface area contributed by atoms with Crippen LogP contribution in [0.15, 0.2) is 93.6 Å². The molecule has 36 heavy (non-hydrogen) atoms. The molecule has 7 nitrogen and oxygen atoms in total. The molecule has 184 valence electrons. The summed E-state index contributed by atoms with van der Waals surface area (Å²) in [5, 5.41) is 13.5. The lowest BCUT2D eigenvalue weighted by molar-refractivity contribution is -0.118. The maximum Gasteiger partial charge on any atom is 0.250 e. The van der Waals surface area contributed by atoms with Crippen molar-refractivity contribution >= 4 is 45.5 Å². The molecule has 4 rings (SSSR count). The van der Waals surface area contributed by atoms with Crippen LogP contribution in [0.4, 0.5) is 5.69 Å². The summed E-state index contributed by atoms with van der Waals surface area (Å²) in [6.07, 6.45) is 1.65. The third-order valence-corrected chi connectivity index (χ3v) is 6.96. The summed E-state index contributed by atoms with van der Waals surface area (Å²) in [6.45, 7) is 6.19. The summed E-state index contributed by atoms with van der Waals surface area (Å²) in [6, 6.07) is 25.9. The number of para-hydroxylation sites is 1. The highest BCUT2D eigenvalue weighted by Crippen LogP contribution is 2.28. The molecule has 0 saturated carbocycles. The predicted octanol–water partition coefficient (Wildman–Crippen LogP) is 5.79. The van der Waals surface area contributed by atoms with Crippen LogP contribution < -0.4 is 10.3 Å². The molecule has 4 aromatic rings. The second kappa shape index (κ2) is 12.5. The Morgan fingerprint density at radius 1 is 1.00 bits per heavy atom. The van der Waals surface area contributed by atoms with E-state index in [2.05, 4.69) is 67.5 Å². The Bertz CT molecular complexity index is 1300. The number of nitrogens with zero attached hydrogens (tertiary/aromatic N) is 5. The quantitative estimate of drug-likeness (QED) is 0.150. The lowest BCUT2D eigenvalue weighted by atomic mass is 10.2. The molecule has 9 heteroatoms. The van der Waals surface area contributed by atoms with E-state index in [9.17, 15) is 4.79 Å². The van der Waals surface area contributed by atoms with Crippen LogP contribution in [0.3, 0.4) is 0 Å². The van der Waals surface area contributed by atoms with Crippen LogP contribution >= 0.6 is 27.7 Å². The number of rotatable bonds is 10. The van der Waals surface area contributed by atoms with Gasteiger partial charge in [-0.25, -0.2) is 5.43 Å². The predicted molar refractivity (Wildman–Crippen MR) is 151 cm³/mol. The number of carbonyl (C=O) groups excluding carboxylic acids is 1. The van der Waals surface area contributed by atoms with E-state index in [-0.39, 0.29) is 11.7 Å². The second-order valence-electron chi connectivity index (χ2n) is 7.83. The van der Waals surface area contributed by atoms with E-state index < -0.39 is 0 Å². The van der Waals surface area contributed by atoms with E-state index in [1.807, 2.05) is 71.3 Å². The molecule has 0 aliphatic heterocycles. The molecule has 1 aromatic heterocycles. The van der Waals surface area contributed by atoms with Gasteiger partial charge in [0.05, 0.1) is 12.0 Å². The molecule has 0 atom stereocenters. The highest BCUT2D eigenvalue weighted by Gasteiger charge is 2.17. The third kappa shape index (κ3) is 6.41. The molecule has 3 aromatic carbocycles. The van der Waals surface area contributed by atoms with Gasteiger partial charge in [0, 0.05) is 34.5 Å². The van der Waals surface area contributed by atoms with Crippen LogP contribution in [0, 0.1) is 0 Å². The fourth-order valence-electron chi connectivity index (χ4n) is 3.66. The van der Waals surface area contributed by atoms with Gasteiger partial charge in [-0.15, -0.1) is 10.2 Å². The number of hydrogen-bond donors (Lipinski definition) is 1. The molecule has 0 radical (unpaired) electrons. The fraction of sp³-hybridized carbons (Fsp3) is 0.185. The maximum absolute atomic E-state index is 12.5. The first kappa shape index (κ1) is 25.7. The number of benzene rings is 3. The van der Waals surface area contributed by atoms with Crippen molar-refractivity contribution in [2.75, 3.05) is 23.7 Å². The van der Waals surface area contributed by atoms with Crippen molar-refractivity contribution in [3.63, 3.8) is 0 Å². The zero-order chi connectivity index (χ0) is 25.3. The van der Waals surface area contributed by atoms with Gasteiger partial charge in [-0.2, -0.15) is 5.10 Å². The van der Waals surface area contributed by atoms with Gasteiger partial charge in [-0.3, -0.25) is 9.36 Å².